The lowest BCUT2D eigenvalue weighted by Gasteiger charge is -2.35. The van der Waals surface area contributed by atoms with Crippen LogP contribution in [-0.4, -0.2) is 11.3 Å². The van der Waals surface area contributed by atoms with Crippen molar-refractivity contribution in [3.63, 3.8) is 0 Å². The highest BCUT2D eigenvalue weighted by Crippen LogP contribution is 2.43. The van der Waals surface area contributed by atoms with Crippen LogP contribution in [0.2, 0.25) is 0 Å². The predicted molar refractivity (Wildman–Crippen MR) is 119 cm³/mol. The van der Waals surface area contributed by atoms with Crippen LogP contribution < -0.4 is 0 Å². The van der Waals surface area contributed by atoms with Gasteiger partial charge in [0.05, 0.1) is 0 Å². The Balaban J connectivity index is 1.90. The lowest BCUT2D eigenvalue weighted by Crippen LogP contribution is -2.34. The Morgan fingerprint density at radius 3 is 1.48 bits per heavy atom. The van der Waals surface area contributed by atoms with E-state index >= 15 is 0 Å². The molecule has 0 saturated carbocycles. The van der Waals surface area contributed by atoms with Gasteiger partial charge in [0.25, 0.3) is 0 Å². The molecule has 4 aromatic rings. The Hall–Kier alpha value is -3.49. The zero-order chi connectivity index (χ0) is 19.9. The molecular weight excluding hydrogens is 354 g/mol. The van der Waals surface area contributed by atoms with Gasteiger partial charge in [-0.2, -0.15) is 0 Å². The number of hydrogen-bond acceptors (Lipinski definition) is 2. The number of aliphatic imine (C=N–C) groups is 1. The molecule has 29 heavy (non-hydrogen) atoms. The van der Waals surface area contributed by atoms with E-state index in [0.717, 1.165) is 22.3 Å². The largest absolute Gasteiger partial charge is 0.378 e. The molecule has 0 bridgehead atoms. The van der Waals surface area contributed by atoms with Gasteiger partial charge < -0.3 is 5.11 Å². The van der Waals surface area contributed by atoms with Crippen molar-refractivity contribution in [3.8, 4) is 0 Å². The summed E-state index contributed by atoms with van der Waals surface area (Å²) in [5, 5.41) is 12.2. The fourth-order valence-corrected chi connectivity index (χ4v) is 3.64. The molecule has 1 atom stereocenters. The van der Waals surface area contributed by atoms with Crippen LogP contribution in [-0.2, 0) is 5.60 Å². The minimum atomic E-state index is -1.31. The first-order chi connectivity index (χ1) is 14.3. The van der Waals surface area contributed by atoms with Crippen LogP contribution in [0, 0.1) is 0 Å². The van der Waals surface area contributed by atoms with Crippen LogP contribution in [0.3, 0.4) is 0 Å². The molecule has 142 valence electrons. The van der Waals surface area contributed by atoms with Crippen molar-refractivity contribution in [1.29, 1.82) is 0 Å². The summed E-state index contributed by atoms with van der Waals surface area (Å²) >= 11 is 0. The van der Waals surface area contributed by atoms with Crippen molar-refractivity contribution in [2.24, 2.45) is 4.99 Å². The van der Waals surface area contributed by atoms with Gasteiger partial charge >= 0.3 is 0 Å². The van der Waals surface area contributed by atoms with Crippen molar-refractivity contribution < 1.29 is 5.11 Å². The molecule has 0 aliphatic rings. The molecule has 1 N–H and O–H groups in total. The van der Waals surface area contributed by atoms with E-state index in [2.05, 4.69) is 0 Å². The second-order valence-corrected chi connectivity index (χ2v) is 7.00. The van der Waals surface area contributed by atoms with E-state index in [1.54, 1.807) is 0 Å². The summed E-state index contributed by atoms with van der Waals surface area (Å²) in [6, 6.07) is 39.0. The molecule has 0 aromatic heterocycles. The molecular formula is C27H23NO. The molecule has 2 heteroatoms. The van der Waals surface area contributed by atoms with Gasteiger partial charge in [-0.1, -0.05) is 121 Å². The van der Waals surface area contributed by atoms with E-state index < -0.39 is 11.6 Å². The van der Waals surface area contributed by atoms with Crippen LogP contribution in [0.1, 0.15) is 28.3 Å². The van der Waals surface area contributed by atoms with Crippen LogP contribution >= 0.6 is 0 Å². The van der Waals surface area contributed by atoms with Crippen molar-refractivity contribution in [2.75, 3.05) is 0 Å². The van der Waals surface area contributed by atoms with E-state index in [1.807, 2.05) is 128 Å². The third kappa shape index (κ3) is 4.03. The van der Waals surface area contributed by atoms with Crippen LogP contribution in [0.4, 0.5) is 0 Å². The molecule has 0 aliphatic heterocycles. The van der Waals surface area contributed by atoms with E-state index in [9.17, 15) is 5.11 Å². The molecule has 0 saturated heterocycles. The Morgan fingerprint density at radius 2 is 1.00 bits per heavy atom. The maximum Gasteiger partial charge on any atom is 0.141 e. The van der Waals surface area contributed by atoms with Crippen molar-refractivity contribution in [2.45, 2.75) is 11.6 Å². The Morgan fingerprint density at radius 1 is 0.586 bits per heavy atom. The van der Waals surface area contributed by atoms with Gasteiger partial charge in [-0.3, -0.25) is 4.99 Å². The lowest BCUT2D eigenvalue weighted by molar-refractivity contribution is 0.0523. The Kier molecular flexibility index (Phi) is 5.64. The second kappa shape index (κ2) is 8.68. The van der Waals surface area contributed by atoms with Gasteiger partial charge in [0.1, 0.15) is 11.6 Å². The van der Waals surface area contributed by atoms with E-state index in [1.165, 1.54) is 0 Å². The quantitative estimate of drug-likeness (QED) is 0.424. The highest BCUT2D eigenvalue weighted by molar-refractivity contribution is 5.79. The van der Waals surface area contributed by atoms with Crippen LogP contribution in [0.15, 0.2) is 126 Å². The minimum absolute atomic E-state index is 0.506. The standard InChI is InChI=1S/C27H23NO/c29-27(24-17-9-3-10-18-24,25-19-11-4-12-20-25)26(23-15-7-2-8-16-23)28-21-22-13-5-1-6-14-22/h1-21,26,29H/t26-/m0/s1. The van der Waals surface area contributed by atoms with Crippen LogP contribution in [0.5, 0.6) is 0 Å². The lowest BCUT2D eigenvalue weighted by atomic mass is 9.77. The topological polar surface area (TPSA) is 32.6 Å². The number of aliphatic hydroxyl groups is 1. The molecule has 0 heterocycles. The van der Waals surface area contributed by atoms with E-state index in [-0.39, 0.29) is 0 Å². The van der Waals surface area contributed by atoms with Crippen molar-refractivity contribution >= 4 is 6.21 Å². The maximum absolute atomic E-state index is 12.2. The van der Waals surface area contributed by atoms with Gasteiger partial charge in [0.15, 0.2) is 0 Å². The van der Waals surface area contributed by atoms with Gasteiger partial charge in [-0.25, -0.2) is 0 Å². The molecule has 0 unspecified atom stereocenters. The number of nitrogens with zero attached hydrogens (tertiary/aromatic N) is 1. The van der Waals surface area contributed by atoms with Gasteiger partial charge in [0.2, 0.25) is 0 Å². The molecule has 0 amide bonds. The highest BCUT2D eigenvalue weighted by Gasteiger charge is 2.41. The average Bonchev–Trinajstić information content (AvgIpc) is 2.81. The fourth-order valence-electron chi connectivity index (χ4n) is 3.64. The van der Waals surface area contributed by atoms with Crippen molar-refractivity contribution in [1.82, 2.24) is 0 Å². The zero-order valence-corrected chi connectivity index (χ0v) is 16.1. The molecule has 0 radical (unpaired) electrons. The summed E-state index contributed by atoms with van der Waals surface area (Å²) in [5.74, 6) is 0. The summed E-state index contributed by atoms with van der Waals surface area (Å²) < 4.78 is 0. The first-order valence-electron chi connectivity index (χ1n) is 9.75. The summed E-state index contributed by atoms with van der Waals surface area (Å²) in [5.41, 5.74) is 2.26. The molecule has 2 nitrogen and oxygen atoms in total. The van der Waals surface area contributed by atoms with Gasteiger partial charge in [-0.15, -0.1) is 0 Å². The smallest absolute Gasteiger partial charge is 0.141 e. The number of benzene rings is 4. The second-order valence-electron chi connectivity index (χ2n) is 7.00. The monoisotopic (exact) mass is 377 g/mol. The third-order valence-electron chi connectivity index (χ3n) is 5.11. The molecule has 0 aliphatic carbocycles. The fraction of sp³-hybridized carbons (Fsp3) is 0.0741. The normalized spacial score (nSPS) is 12.7. The van der Waals surface area contributed by atoms with Crippen LogP contribution in [0.25, 0.3) is 0 Å². The van der Waals surface area contributed by atoms with Gasteiger partial charge in [-0.05, 0) is 22.3 Å². The van der Waals surface area contributed by atoms with E-state index in [4.69, 9.17) is 4.99 Å². The average molecular weight is 377 g/mol. The Labute approximate surface area is 171 Å². The first kappa shape index (κ1) is 18.9. The Bertz CT molecular complexity index is 1010. The summed E-state index contributed by atoms with van der Waals surface area (Å²) in [7, 11) is 0. The SMILES string of the molecule is OC(c1ccccc1)(c1ccccc1)[C@@H](N=Cc1ccccc1)c1ccccc1. The summed E-state index contributed by atoms with van der Waals surface area (Å²) in [6.07, 6.45) is 1.84. The maximum atomic E-state index is 12.2. The highest BCUT2D eigenvalue weighted by atomic mass is 16.3. The van der Waals surface area contributed by atoms with Gasteiger partial charge in [0, 0.05) is 6.21 Å². The minimum Gasteiger partial charge on any atom is -0.378 e. The molecule has 0 fully saturated rings. The summed E-state index contributed by atoms with van der Waals surface area (Å²) in [6.45, 7) is 0. The third-order valence-corrected chi connectivity index (χ3v) is 5.11. The predicted octanol–water partition coefficient (Wildman–Crippen LogP) is 5.78. The summed E-state index contributed by atoms with van der Waals surface area (Å²) in [4.78, 5) is 4.91. The first-order valence-corrected chi connectivity index (χ1v) is 9.75. The van der Waals surface area contributed by atoms with E-state index in [0.29, 0.717) is 0 Å². The number of rotatable bonds is 6. The van der Waals surface area contributed by atoms with Crippen molar-refractivity contribution in [3.05, 3.63) is 144 Å². The molecule has 0 spiro atoms. The molecule has 4 rings (SSSR count). The zero-order valence-electron chi connectivity index (χ0n) is 16.1. The molecule has 4 aromatic carbocycles. The number of hydrogen-bond donors (Lipinski definition) is 1.